The molecule has 43 heavy (non-hydrogen) atoms. The van der Waals surface area contributed by atoms with Gasteiger partial charge in [-0.1, -0.05) is 0 Å². The zero-order valence-electron chi connectivity index (χ0n) is 26.3. The van der Waals surface area contributed by atoms with E-state index in [9.17, 15) is 27.6 Å². The van der Waals surface area contributed by atoms with Crippen LogP contribution in [0.15, 0.2) is 12.1 Å². The summed E-state index contributed by atoms with van der Waals surface area (Å²) in [7, 11) is 1.56. The molecule has 0 aliphatic carbocycles. The van der Waals surface area contributed by atoms with Gasteiger partial charge in [-0.3, -0.25) is 9.59 Å². The normalized spacial score (nSPS) is 20.5. The molecular formula is C30H45F3N4O6. The second-order valence-corrected chi connectivity index (χ2v) is 12.8. The lowest BCUT2D eigenvalue weighted by atomic mass is 9.93. The summed E-state index contributed by atoms with van der Waals surface area (Å²) >= 11 is 0. The van der Waals surface area contributed by atoms with Crippen LogP contribution in [0.2, 0.25) is 0 Å². The minimum atomic E-state index is -4.89. The van der Waals surface area contributed by atoms with Crippen molar-refractivity contribution in [3.05, 3.63) is 23.3 Å². The third-order valence-electron chi connectivity index (χ3n) is 7.55. The van der Waals surface area contributed by atoms with Gasteiger partial charge in [-0.15, -0.1) is 0 Å². The average molecular weight is 615 g/mol. The molecule has 2 atom stereocenters. The summed E-state index contributed by atoms with van der Waals surface area (Å²) in [6.07, 6.45) is -3.95. The highest BCUT2D eigenvalue weighted by Gasteiger charge is 2.46. The molecule has 2 aliphatic rings. The maximum atomic E-state index is 14.5. The van der Waals surface area contributed by atoms with Crippen molar-refractivity contribution in [3.63, 3.8) is 0 Å². The first-order valence-electron chi connectivity index (χ1n) is 14.6. The van der Waals surface area contributed by atoms with E-state index < -0.39 is 58.5 Å². The van der Waals surface area contributed by atoms with Gasteiger partial charge in [-0.2, -0.15) is 13.2 Å². The summed E-state index contributed by atoms with van der Waals surface area (Å²) in [5.41, 5.74) is 1.81. The molecule has 2 aliphatic heterocycles. The molecule has 1 aromatic rings. The zero-order chi connectivity index (χ0) is 32.5. The number of fused-ring (bicyclic) bond motifs is 1. The highest BCUT2D eigenvalue weighted by atomic mass is 19.4. The van der Waals surface area contributed by atoms with Crippen LogP contribution in [0.25, 0.3) is 0 Å². The number of nitrogens with two attached hydrogens (primary N) is 1. The molecule has 1 aromatic carbocycles. The third-order valence-corrected chi connectivity index (χ3v) is 7.55. The van der Waals surface area contributed by atoms with Crippen molar-refractivity contribution < 1.29 is 41.8 Å². The lowest BCUT2D eigenvalue weighted by Crippen LogP contribution is -2.58. The van der Waals surface area contributed by atoms with Crippen molar-refractivity contribution in [1.29, 1.82) is 0 Å². The fraction of sp³-hybridized carbons (Fsp3) is 0.700. The molecule has 2 heterocycles. The first kappa shape index (κ1) is 34.4. The van der Waals surface area contributed by atoms with Crippen LogP contribution in [-0.2, 0) is 20.4 Å². The van der Waals surface area contributed by atoms with E-state index in [1.165, 1.54) is 23.6 Å². The maximum Gasteiger partial charge on any atom is 0.417 e. The largest absolute Gasteiger partial charge is 0.476 e. The van der Waals surface area contributed by atoms with Gasteiger partial charge in [-0.25, -0.2) is 4.79 Å². The minimum absolute atomic E-state index is 0.0296. The Morgan fingerprint density at radius 2 is 1.84 bits per heavy atom. The van der Waals surface area contributed by atoms with Gasteiger partial charge in [0, 0.05) is 45.4 Å². The van der Waals surface area contributed by atoms with E-state index in [1.54, 1.807) is 46.6 Å². The summed E-state index contributed by atoms with van der Waals surface area (Å²) in [6.45, 7) is 12.2. The Balaban J connectivity index is 2.08. The highest BCUT2D eigenvalue weighted by molar-refractivity contribution is 6.05. The van der Waals surface area contributed by atoms with Crippen LogP contribution < -0.4 is 15.4 Å². The summed E-state index contributed by atoms with van der Waals surface area (Å²) in [5, 5.41) is 0. The number of likely N-dealkylation sites (tertiary alicyclic amines) is 1. The van der Waals surface area contributed by atoms with Crippen LogP contribution in [0.4, 0.5) is 23.7 Å². The standard InChI is InChI=1S/C30H45F3N4O6/c1-18(2)37(20-10-9-19(11-14-41-8)36(17-20)27(40)43-28(3,4)5)25(38)21-15-23-24(16-22(21)30(31,32)33)42-29(6,7)26(39)35(23)13-12-34/h15-16,18-20H,9-14,17,34H2,1-8H3/t19-,20+/m0/s1. The molecule has 0 bridgehead atoms. The summed E-state index contributed by atoms with van der Waals surface area (Å²) in [6, 6.07) is 0.540. The van der Waals surface area contributed by atoms with Crippen molar-refractivity contribution >= 4 is 23.6 Å². The number of alkyl halides is 3. The number of hydrogen-bond donors (Lipinski definition) is 1. The SMILES string of the molecule is COCC[C@@H]1CC[C@@H](N(C(=O)c2cc3c(cc2C(F)(F)F)OC(C)(C)C(=O)N3CCN)C(C)C)CN1C(=O)OC(C)(C)C. The smallest absolute Gasteiger partial charge is 0.417 e. The molecule has 242 valence electrons. The molecule has 0 unspecified atom stereocenters. The van der Waals surface area contributed by atoms with Crippen molar-refractivity contribution in [1.82, 2.24) is 9.80 Å². The molecular weight excluding hydrogens is 569 g/mol. The monoisotopic (exact) mass is 614 g/mol. The van der Waals surface area contributed by atoms with Gasteiger partial charge in [0.15, 0.2) is 5.60 Å². The van der Waals surface area contributed by atoms with Crippen LogP contribution in [0.3, 0.4) is 0 Å². The molecule has 0 saturated carbocycles. The number of ether oxygens (including phenoxy) is 3. The number of benzene rings is 1. The second-order valence-electron chi connectivity index (χ2n) is 12.8. The van der Waals surface area contributed by atoms with E-state index in [1.807, 2.05) is 0 Å². The molecule has 2 N–H and O–H groups in total. The summed E-state index contributed by atoms with van der Waals surface area (Å²) in [4.78, 5) is 44.7. The van der Waals surface area contributed by atoms with Crippen molar-refractivity contribution in [3.8, 4) is 5.75 Å². The molecule has 1 fully saturated rings. The number of amides is 3. The zero-order valence-corrected chi connectivity index (χ0v) is 26.3. The Labute approximate surface area is 251 Å². The number of piperidine rings is 1. The van der Waals surface area contributed by atoms with Gasteiger partial charge < -0.3 is 34.6 Å². The Bertz CT molecular complexity index is 1200. The van der Waals surface area contributed by atoms with Gasteiger partial charge >= 0.3 is 12.3 Å². The molecule has 3 amide bonds. The molecule has 0 radical (unpaired) electrons. The van der Waals surface area contributed by atoms with Crippen LogP contribution in [-0.4, -0.2) is 90.4 Å². The molecule has 0 spiro atoms. The number of nitrogens with zero attached hydrogens (tertiary/aromatic N) is 3. The number of anilines is 1. The maximum absolute atomic E-state index is 14.5. The minimum Gasteiger partial charge on any atom is -0.476 e. The number of halogens is 3. The number of carbonyl (C=O) groups excluding carboxylic acids is 3. The van der Waals surface area contributed by atoms with Gasteiger partial charge in [0.1, 0.15) is 11.4 Å². The fourth-order valence-corrected chi connectivity index (χ4v) is 5.67. The topological polar surface area (TPSA) is 115 Å². The Kier molecular flexibility index (Phi) is 10.3. The molecule has 1 saturated heterocycles. The van der Waals surface area contributed by atoms with E-state index in [0.717, 1.165) is 12.1 Å². The van der Waals surface area contributed by atoms with E-state index >= 15 is 0 Å². The fourth-order valence-electron chi connectivity index (χ4n) is 5.67. The summed E-state index contributed by atoms with van der Waals surface area (Å²) in [5.74, 6) is -1.50. The molecule has 0 aromatic heterocycles. The number of carbonyl (C=O) groups is 3. The van der Waals surface area contributed by atoms with E-state index in [-0.39, 0.29) is 37.1 Å². The Morgan fingerprint density at radius 1 is 1.19 bits per heavy atom. The Morgan fingerprint density at radius 3 is 2.37 bits per heavy atom. The second kappa shape index (κ2) is 12.9. The quantitative estimate of drug-likeness (QED) is 0.447. The van der Waals surface area contributed by atoms with Gasteiger partial charge in [0.25, 0.3) is 11.8 Å². The predicted molar refractivity (Wildman–Crippen MR) is 155 cm³/mol. The lowest BCUT2D eigenvalue weighted by molar-refractivity contribution is -0.138. The van der Waals surface area contributed by atoms with E-state index in [4.69, 9.17) is 19.9 Å². The van der Waals surface area contributed by atoms with Gasteiger partial charge in [-0.05, 0) is 79.9 Å². The van der Waals surface area contributed by atoms with E-state index in [2.05, 4.69) is 0 Å². The lowest BCUT2D eigenvalue weighted by Gasteiger charge is -2.45. The number of methoxy groups -OCH3 is 1. The summed E-state index contributed by atoms with van der Waals surface area (Å²) < 4.78 is 60.0. The number of rotatable bonds is 8. The van der Waals surface area contributed by atoms with Crippen LogP contribution in [0, 0.1) is 0 Å². The molecule has 10 nitrogen and oxygen atoms in total. The third kappa shape index (κ3) is 7.72. The first-order valence-corrected chi connectivity index (χ1v) is 14.6. The predicted octanol–water partition coefficient (Wildman–Crippen LogP) is 4.82. The van der Waals surface area contributed by atoms with Crippen molar-refractivity contribution in [2.24, 2.45) is 5.73 Å². The molecule has 13 heteroatoms. The number of hydrogen-bond acceptors (Lipinski definition) is 7. The van der Waals surface area contributed by atoms with Gasteiger partial charge in [0.2, 0.25) is 0 Å². The molecule has 3 rings (SSSR count). The van der Waals surface area contributed by atoms with Crippen molar-refractivity contribution in [2.75, 3.05) is 38.3 Å². The van der Waals surface area contributed by atoms with E-state index in [0.29, 0.717) is 25.9 Å². The van der Waals surface area contributed by atoms with Crippen molar-refractivity contribution in [2.45, 2.75) is 103 Å². The first-order chi connectivity index (χ1) is 19.8. The average Bonchev–Trinajstić information content (AvgIpc) is 2.88. The highest BCUT2D eigenvalue weighted by Crippen LogP contribution is 2.44. The Hall–Kier alpha value is -3.06. The van der Waals surface area contributed by atoms with Crippen LogP contribution in [0.1, 0.15) is 83.7 Å². The van der Waals surface area contributed by atoms with Crippen LogP contribution in [0.5, 0.6) is 5.75 Å². The van der Waals surface area contributed by atoms with Gasteiger partial charge in [0.05, 0.1) is 22.9 Å². The van der Waals surface area contributed by atoms with Crippen LogP contribution >= 0.6 is 0 Å².